The smallest absolute Gasteiger partial charge is 0.245 e. The number of rotatable bonds is 1. The third-order valence-corrected chi connectivity index (χ3v) is 4.71. The number of piperazine rings is 1. The second-order valence-electron chi connectivity index (χ2n) is 5.75. The van der Waals surface area contributed by atoms with E-state index >= 15 is 0 Å². The van der Waals surface area contributed by atoms with Crippen molar-refractivity contribution in [3.8, 4) is 0 Å². The molecule has 0 radical (unpaired) electrons. The number of carbonyl (C=O) groups is 2. The molecular formula is C13H21N3O2. The third kappa shape index (κ3) is 1.64. The summed E-state index contributed by atoms with van der Waals surface area (Å²) in [6, 6.07) is 0.0291. The van der Waals surface area contributed by atoms with E-state index in [-0.39, 0.29) is 29.9 Å². The molecule has 3 fully saturated rings. The first-order chi connectivity index (χ1) is 8.59. The first-order valence-electron chi connectivity index (χ1n) is 6.96. The number of hydrogen-bond acceptors (Lipinski definition) is 3. The van der Waals surface area contributed by atoms with Crippen LogP contribution in [0.5, 0.6) is 0 Å². The van der Waals surface area contributed by atoms with Crippen LogP contribution in [-0.4, -0.2) is 58.9 Å². The van der Waals surface area contributed by atoms with Gasteiger partial charge in [0.2, 0.25) is 11.8 Å². The van der Waals surface area contributed by atoms with Gasteiger partial charge in [0, 0.05) is 18.6 Å². The summed E-state index contributed by atoms with van der Waals surface area (Å²) in [5, 5.41) is 2.75. The second-order valence-corrected chi connectivity index (χ2v) is 5.75. The van der Waals surface area contributed by atoms with Crippen LogP contribution in [0.1, 0.15) is 33.1 Å². The Labute approximate surface area is 107 Å². The highest BCUT2D eigenvalue weighted by molar-refractivity contribution is 5.96. The van der Waals surface area contributed by atoms with Crippen molar-refractivity contribution in [1.82, 2.24) is 15.1 Å². The summed E-state index contributed by atoms with van der Waals surface area (Å²) in [5.74, 6) is 0.0689. The van der Waals surface area contributed by atoms with Gasteiger partial charge in [0.25, 0.3) is 0 Å². The fourth-order valence-corrected chi connectivity index (χ4v) is 3.77. The van der Waals surface area contributed by atoms with E-state index in [0.717, 1.165) is 25.9 Å². The zero-order valence-electron chi connectivity index (χ0n) is 11.1. The van der Waals surface area contributed by atoms with Crippen LogP contribution in [0.2, 0.25) is 0 Å². The number of nitrogens with one attached hydrogen (secondary N) is 1. The zero-order valence-corrected chi connectivity index (χ0v) is 11.1. The van der Waals surface area contributed by atoms with Crippen LogP contribution in [0.4, 0.5) is 0 Å². The summed E-state index contributed by atoms with van der Waals surface area (Å²) in [7, 11) is 0. The van der Waals surface area contributed by atoms with Crippen LogP contribution in [0.15, 0.2) is 0 Å². The van der Waals surface area contributed by atoms with Gasteiger partial charge in [-0.25, -0.2) is 0 Å². The monoisotopic (exact) mass is 251 g/mol. The van der Waals surface area contributed by atoms with Gasteiger partial charge in [-0.15, -0.1) is 0 Å². The minimum Gasteiger partial charge on any atom is -0.343 e. The number of carbonyl (C=O) groups excluding carboxylic acids is 2. The van der Waals surface area contributed by atoms with Crippen LogP contribution in [-0.2, 0) is 9.59 Å². The molecule has 0 spiro atoms. The minimum absolute atomic E-state index is 0.0152. The summed E-state index contributed by atoms with van der Waals surface area (Å²) in [5.41, 5.74) is 0. The van der Waals surface area contributed by atoms with Gasteiger partial charge >= 0.3 is 0 Å². The van der Waals surface area contributed by atoms with Gasteiger partial charge in [0.05, 0.1) is 0 Å². The Hall–Kier alpha value is -1.10. The van der Waals surface area contributed by atoms with Crippen LogP contribution in [0.3, 0.4) is 0 Å². The Morgan fingerprint density at radius 3 is 2.67 bits per heavy atom. The van der Waals surface area contributed by atoms with Crippen molar-refractivity contribution in [3.05, 3.63) is 0 Å². The predicted molar refractivity (Wildman–Crippen MR) is 66.9 cm³/mol. The van der Waals surface area contributed by atoms with E-state index in [2.05, 4.69) is 10.2 Å². The maximum atomic E-state index is 12.3. The highest BCUT2D eigenvalue weighted by atomic mass is 16.2. The van der Waals surface area contributed by atoms with Gasteiger partial charge < -0.3 is 10.2 Å². The van der Waals surface area contributed by atoms with E-state index in [4.69, 9.17) is 0 Å². The van der Waals surface area contributed by atoms with Gasteiger partial charge in [-0.2, -0.15) is 0 Å². The normalized spacial score (nSPS) is 41.1. The fourth-order valence-electron chi connectivity index (χ4n) is 3.77. The van der Waals surface area contributed by atoms with Crippen molar-refractivity contribution in [2.24, 2.45) is 0 Å². The highest BCUT2D eigenvalue weighted by Crippen LogP contribution is 2.33. The van der Waals surface area contributed by atoms with Gasteiger partial charge in [-0.3, -0.25) is 14.5 Å². The molecule has 100 valence electrons. The summed E-state index contributed by atoms with van der Waals surface area (Å²) in [6.07, 6.45) is 3.40. The van der Waals surface area contributed by atoms with Gasteiger partial charge in [-0.1, -0.05) is 0 Å². The average molecular weight is 251 g/mol. The summed E-state index contributed by atoms with van der Waals surface area (Å²) >= 11 is 0. The summed E-state index contributed by atoms with van der Waals surface area (Å²) in [6.45, 7) is 5.85. The molecule has 0 aromatic rings. The van der Waals surface area contributed by atoms with Crippen molar-refractivity contribution < 1.29 is 9.59 Å². The van der Waals surface area contributed by atoms with E-state index in [1.54, 1.807) is 6.92 Å². The van der Waals surface area contributed by atoms with E-state index in [0.29, 0.717) is 6.04 Å². The van der Waals surface area contributed by atoms with E-state index in [1.807, 2.05) is 11.8 Å². The van der Waals surface area contributed by atoms with Crippen LogP contribution in [0, 0.1) is 0 Å². The molecule has 2 amide bonds. The van der Waals surface area contributed by atoms with E-state index in [9.17, 15) is 9.59 Å². The van der Waals surface area contributed by atoms with Crippen molar-refractivity contribution in [1.29, 1.82) is 0 Å². The molecule has 3 heterocycles. The van der Waals surface area contributed by atoms with Gasteiger partial charge in [-0.05, 0) is 39.7 Å². The largest absolute Gasteiger partial charge is 0.343 e. The molecule has 0 aromatic heterocycles. The lowest BCUT2D eigenvalue weighted by atomic mass is 9.99. The molecule has 4 atom stereocenters. The van der Waals surface area contributed by atoms with Crippen molar-refractivity contribution in [3.63, 3.8) is 0 Å². The lowest BCUT2D eigenvalue weighted by Gasteiger charge is -2.42. The molecule has 1 N–H and O–H groups in total. The lowest BCUT2D eigenvalue weighted by Crippen LogP contribution is -2.65. The Balaban J connectivity index is 1.85. The highest BCUT2D eigenvalue weighted by Gasteiger charge is 2.47. The van der Waals surface area contributed by atoms with Gasteiger partial charge in [0.15, 0.2) is 0 Å². The number of nitrogens with zero attached hydrogens (tertiary/aromatic N) is 2. The number of amides is 2. The van der Waals surface area contributed by atoms with Crippen molar-refractivity contribution in [2.45, 2.75) is 57.3 Å². The maximum absolute atomic E-state index is 12.3. The number of fused-ring (bicyclic) bond motifs is 1. The fraction of sp³-hybridized carbons (Fsp3) is 0.846. The summed E-state index contributed by atoms with van der Waals surface area (Å²) in [4.78, 5) is 28.6. The average Bonchev–Trinajstić information content (AvgIpc) is 2.91. The molecule has 3 rings (SSSR count). The van der Waals surface area contributed by atoms with Crippen LogP contribution in [0.25, 0.3) is 0 Å². The Bertz CT molecular complexity index is 384. The van der Waals surface area contributed by atoms with Crippen molar-refractivity contribution in [2.75, 3.05) is 13.1 Å². The van der Waals surface area contributed by atoms with Gasteiger partial charge in [0.1, 0.15) is 12.1 Å². The minimum atomic E-state index is -0.371. The molecule has 5 nitrogen and oxygen atoms in total. The predicted octanol–water partition coefficient (Wildman–Crippen LogP) is -0.0415. The molecule has 0 aromatic carbocycles. The second kappa shape index (κ2) is 4.23. The molecule has 4 unspecified atom stereocenters. The molecule has 18 heavy (non-hydrogen) atoms. The molecule has 3 aliphatic rings. The van der Waals surface area contributed by atoms with E-state index < -0.39 is 0 Å². The molecule has 0 bridgehead atoms. The standard InChI is InChI=1S/C13H21N3O2/c1-8-13(18)16(9(2)12(17)14-8)11-5-7-15-6-3-4-10(11)15/h8-11H,3-7H2,1-2H3,(H,14,17). The Morgan fingerprint density at radius 1 is 1.11 bits per heavy atom. The lowest BCUT2D eigenvalue weighted by molar-refractivity contribution is -0.151. The maximum Gasteiger partial charge on any atom is 0.245 e. The third-order valence-electron chi connectivity index (χ3n) is 4.71. The van der Waals surface area contributed by atoms with Crippen molar-refractivity contribution >= 4 is 11.8 Å². The molecule has 3 saturated heterocycles. The Kier molecular flexibility index (Phi) is 2.81. The molecule has 3 aliphatic heterocycles. The van der Waals surface area contributed by atoms with Crippen LogP contribution < -0.4 is 5.32 Å². The first-order valence-corrected chi connectivity index (χ1v) is 6.96. The SMILES string of the molecule is CC1NC(=O)C(C)N(C2CCN3CCCC23)C1=O. The zero-order chi connectivity index (χ0) is 12.9. The first kappa shape index (κ1) is 12.0. The topological polar surface area (TPSA) is 52.7 Å². The molecule has 0 aliphatic carbocycles. The molecular weight excluding hydrogens is 230 g/mol. The van der Waals surface area contributed by atoms with E-state index in [1.165, 1.54) is 6.42 Å². The summed E-state index contributed by atoms with van der Waals surface area (Å²) < 4.78 is 0. The van der Waals surface area contributed by atoms with Crippen LogP contribution >= 0.6 is 0 Å². The quantitative estimate of drug-likeness (QED) is 0.711. The Morgan fingerprint density at radius 2 is 1.89 bits per heavy atom. The molecule has 0 saturated carbocycles. The molecule has 5 heteroatoms. The number of hydrogen-bond donors (Lipinski definition) is 1.